The van der Waals surface area contributed by atoms with E-state index >= 15 is 0 Å². The van der Waals surface area contributed by atoms with Crippen LogP contribution in [0, 0.1) is 6.92 Å². The van der Waals surface area contributed by atoms with Crippen LogP contribution < -0.4 is 10.6 Å². The highest BCUT2D eigenvalue weighted by molar-refractivity contribution is 6.20. The highest BCUT2D eigenvalue weighted by atomic mass is 35.5. The van der Waals surface area contributed by atoms with E-state index in [1.807, 2.05) is 6.92 Å². The predicted molar refractivity (Wildman–Crippen MR) is 108 cm³/mol. The molecule has 0 radical (unpaired) electrons. The van der Waals surface area contributed by atoms with E-state index in [4.69, 9.17) is 23.2 Å². The second-order valence-corrected chi connectivity index (χ2v) is 8.99. The number of alkyl halides is 2. The molecule has 1 aromatic heterocycles. The van der Waals surface area contributed by atoms with Gasteiger partial charge >= 0.3 is 0 Å². The van der Waals surface area contributed by atoms with Crippen molar-refractivity contribution >= 4 is 35.0 Å². The predicted octanol–water partition coefficient (Wildman–Crippen LogP) is 3.95. The minimum Gasteiger partial charge on any atom is -0.348 e. The van der Waals surface area contributed by atoms with E-state index in [2.05, 4.69) is 15.6 Å². The summed E-state index contributed by atoms with van der Waals surface area (Å²) in [7, 11) is 0. The fourth-order valence-corrected chi connectivity index (χ4v) is 4.32. The lowest BCUT2D eigenvalue weighted by atomic mass is 9.95. The Bertz CT molecular complexity index is 628. The molecule has 2 aliphatic carbocycles. The van der Waals surface area contributed by atoms with Crippen LogP contribution in [-0.4, -0.2) is 39.6 Å². The zero-order valence-corrected chi connectivity index (χ0v) is 17.2. The lowest BCUT2D eigenvalue weighted by Crippen LogP contribution is -2.39. The maximum Gasteiger partial charge on any atom is 0.270 e. The lowest BCUT2D eigenvalue weighted by Gasteiger charge is -2.26. The summed E-state index contributed by atoms with van der Waals surface area (Å²) in [4.78, 5) is 29.5. The third-order valence-electron chi connectivity index (χ3n) is 5.42. The SMILES string of the molecule is Cc1cc(C(=O)NC2CCC(Cl)CC2)nc(C(=O)NC2CCC(Cl)CC2)c1. The van der Waals surface area contributed by atoms with Crippen molar-refractivity contribution in [3.63, 3.8) is 0 Å². The van der Waals surface area contributed by atoms with Gasteiger partial charge in [-0.05, 0) is 76.0 Å². The molecule has 2 aliphatic rings. The van der Waals surface area contributed by atoms with Gasteiger partial charge in [0.1, 0.15) is 11.4 Å². The van der Waals surface area contributed by atoms with E-state index < -0.39 is 0 Å². The third-order valence-corrected chi connectivity index (χ3v) is 6.29. The van der Waals surface area contributed by atoms with E-state index in [9.17, 15) is 9.59 Å². The summed E-state index contributed by atoms with van der Waals surface area (Å²) < 4.78 is 0. The monoisotopic (exact) mass is 411 g/mol. The van der Waals surface area contributed by atoms with Crippen LogP contribution in [0.5, 0.6) is 0 Å². The van der Waals surface area contributed by atoms with E-state index in [0.29, 0.717) is 0 Å². The summed E-state index contributed by atoms with van der Waals surface area (Å²) >= 11 is 12.2. The van der Waals surface area contributed by atoms with Crippen molar-refractivity contribution in [2.75, 3.05) is 0 Å². The first-order valence-corrected chi connectivity index (χ1v) is 10.7. The Kier molecular flexibility index (Phi) is 6.99. The highest BCUT2D eigenvalue weighted by Gasteiger charge is 2.24. The zero-order valence-electron chi connectivity index (χ0n) is 15.6. The van der Waals surface area contributed by atoms with Gasteiger partial charge in [0.15, 0.2) is 0 Å². The number of hydrogen-bond donors (Lipinski definition) is 2. The van der Waals surface area contributed by atoms with Crippen LogP contribution in [0.25, 0.3) is 0 Å². The molecule has 2 saturated carbocycles. The smallest absolute Gasteiger partial charge is 0.270 e. The molecule has 27 heavy (non-hydrogen) atoms. The molecular weight excluding hydrogens is 385 g/mol. The van der Waals surface area contributed by atoms with Crippen LogP contribution in [0.1, 0.15) is 77.9 Å². The minimum atomic E-state index is -0.228. The van der Waals surface area contributed by atoms with E-state index in [1.165, 1.54) is 0 Å². The quantitative estimate of drug-likeness (QED) is 0.736. The van der Waals surface area contributed by atoms with Crippen LogP contribution >= 0.6 is 23.2 Å². The number of amides is 2. The van der Waals surface area contributed by atoms with E-state index in [0.717, 1.165) is 56.9 Å². The Hall–Kier alpha value is -1.33. The topological polar surface area (TPSA) is 71.1 Å². The number of nitrogens with one attached hydrogen (secondary N) is 2. The summed E-state index contributed by atoms with van der Waals surface area (Å²) in [5, 5.41) is 6.47. The Balaban J connectivity index is 1.62. The Morgan fingerprint density at radius 1 is 0.815 bits per heavy atom. The van der Waals surface area contributed by atoms with Crippen molar-refractivity contribution < 1.29 is 9.59 Å². The number of hydrogen-bond acceptors (Lipinski definition) is 3. The summed E-state index contributed by atoms with van der Waals surface area (Å²) in [5.41, 5.74) is 1.42. The number of carbonyl (C=O) groups is 2. The van der Waals surface area contributed by atoms with Crippen LogP contribution in [-0.2, 0) is 0 Å². The second kappa shape index (κ2) is 9.24. The van der Waals surface area contributed by atoms with Gasteiger partial charge < -0.3 is 10.6 Å². The van der Waals surface area contributed by atoms with Crippen LogP contribution in [0.4, 0.5) is 0 Å². The molecule has 7 heteroatoms. The molecule has 0 bridgehead atoms. The molecule has 1 heterocycles. The lowest BCUT2D eigenvalue weighted by molar-refractivity contribution is 0.0918. The Morgan fingerprint density at radius 2 is 1.19 bits per heavy atom. The van der Waals surface area contributed by atoms with Crippen molar-refractivity contribution in [3.05, 3.63) is 29.1 Å². The number of nitrogens with zero attached hydrogens (tertiary/aromatic N) is 1. The van der Waals surface area contributed by atoms with Crippen LogP contribution in [0.2, 0.25) is 0 Å². The fraction of sp³-hybridized carbons (Fsp3) is 0.650. The van der Waals surface area contributed by atoms with Gasteiger partial charge in [0.25, 0.3) is 11.8 Å². The molecule has 0 aliphatic heterocycles. The average Bonchev–Trinajstić information content (AvgIpc) is 2.65. The summed E-state index contributed by atoms with van der Waals surface area (Å²) in [5.74, 6) is -0.457. The van der Waals surface area contributed by atoms with Gasteiger partial charge in [-0.1, -0.05) is 0 Å². The van der Waals surface area contributed by atoms with Crippen molar-refractivity contribution in [1.29, 1.82) is 0 Å². The normalized spacial score (nSPS) is 28.4. The highest BCUT2D eigenvalue weighted by Crippen LogP contribution is 2.24. The Morgan fingerprint density at radius 3 is 1.56 bits per heavy atom. The van der Waals surface area contributed by atoms with Gasteiger partial charge in [-0.15, -0.1) is 23.2 Å². The molecule has 2 N–H and O–H groups in total. The van der Waals surface area contributed by atoms with Crippen LogP contribution in [0.15, 0.2) is 12.1 Å². The van der Waals surface area contributed by atoms with Gasteiger partial charge in [0.2, 0.25) is 0 Å². The summed E-state index contributed by atoms with van der Waals surface area (Å²) in [6, 6.07) is 3.69. The largest absolute Gasteiger partial charge is 0.348 e. The van der Waals surface area contributed by atoms with Crippen molar-refractivity contribution in [3.8, 4) is 0 Å². The number of aryl methyl sites for hydroxylation is 1. The van der Waals surface area contributed by atoms with E-state index in [1.54, 1.807) is 12.1 Å². The molecule has 2 amide bonds. The van der Waals surface area contributed by atoms with Gasteiger partial charge in [-0.2, -0.15) is 0 Å². The third kappa shape index (κ3) is 5.82. The maximum absolute atomic E-state index is 12.6. The number of aromatic nitrogens is 1. The second-order valence-electron chi connectivity index (χ2n) is 7.76. The van der Waals surface area contributed by atoms with Crippen molar-refractivity contribution in [1.82, 2.24) is 15.6 Å². The van der Waals surface area contributed by atoms with Gasteiger partial charge in [0, 0.05) is 22.8 Å². The molecule has 3 rings (SSSR count). The van der Waals surface area contributed by atoms with Crippen molar-refractivity contribution in [2.24, 2.45) is 0 Å². The molecule has 0 atom stereocenters. The summed E-state index contributed by atoms with van der Waals surface area (Å²) in [6.07, 6.45) is 7.14. The molecule has 1 aromatic rings. The van der Waals surface area contributed by atoms with Crippen molar-refractivity contribution in [2.45, 2.75) is 81.1 Å². The van der Waals surface area contributed by atoms with E-state index in [-0.39, 0.29) is 46.0 Å². The fourth-order valence-electron chi connectivity index (χ4n) is 3.81. The Labute approximate surface area is 170 Å². The van der Waals surface area contributed by atoms with Crippen LogP contribution in [0.3, 0.4) is 0 Å². The molecule has 0 aromatic carbocycles. The molecule has 0 saturated heterocycles. The molecule has 148 valence electrons. The standard InChI is InChI=1S/C20H27Cl2N3O2/c1-12-10-17(19(26)23-15-6-2-13(21)3-7-15)25-18(11-12)20(27)24-16-8-4-14(22)5-9-16/h10-11,13-16H,2-9H2,1H3,(H,23,26)(H,24,27). The first-order chi connectivity index (χ1) is 12.9. The number of carbonyl (C=O) groups excluding carboxylic acids is 2. The maximum atomic E-state index is 12.6. The average molecular weight is 412 g/mol. The zero-order chi connectivity index (χ0) is 19.4. The number of rotatable bonds is 4. The number of pyridine rings is 1. The molecule has 0 unspecified atom stereocenters. The molecular formula is C20H27Cl2N3O2. The van der Waals surface area contributed by atoms with Gasteiger partial charge in [0.05, 0.1) is 0 Å². The van der Waals surface area contributed by atoms with Gasteiger partial charge in [-0.25, -0.2) is 4.98 Å². The minimum absolute atomic E-state index is 0.123. The number of halogens is 2. The first kappa shape index (κ1) is 20.4. The summed E-state index contributed by atoms with van der Waals surface area (Å²) in [6.45, 7) is 1.87. The molecule has 0 spiro atoms. The first-order valence-electron chi connectivity index (χ1n) is 9.79. The molecule has 5 nitrogen and oxygen atoms in total. The molecule has 2 fully saturated rings. The van der Waals surface area contributed by atoms with Gasteiger partial charge in [-0.3, -0.25) is 9.59 Å².